The van der Waals surface area contributed by atoms with Crippen molar-refractivity contribution < 1.29 is 22.8 Å². The Kier molecular flexibility index (Phi) is 5.77. The summed E-state index contributed by atoms with van der Waals surface area (Å²) in [6.45, 7) is 2.88. The summed E-state index contributed by atoms with van der Waals surface area (Å²) < 4.78 is 40.0. The fourth-order valence-electron chi connectivity index (χ4n) is 3.42. The minimum absolute atomic E-state index is 0.0128. The SMILES string of the molecule is C#Cc1ccc(C2NC(=O)N(c3cccc(C(F)(F)F)c3)C(C)=C2C(C)=O)c(Br)c1. The third kappa shape index (κ3) is 3.98. The zero-order chi connectivity index (χ0) is 22.2. The van der Waals surface area contributed by atoms with E-state index in [1.807, 2.05) is 0 Å². The summed E-state index contributed by atoms with van der Waals surface area (Å²) in [5.74, 6) is 2.18. The van der Waals surface area contributed by atoms with E-state index in [1.54, 1.807) is 18.2 Å². The summed E-state index contributed by atoms with van der Waals surface area (Å²) in [7, 11) is 0. The Morgan fingerprint density at radius 1 is 1.23 bits per heavy atom. The van der Waals surface area contributed by atoms with Crippen LogP contribution in [-0.4, -0.2) is 11.8 Å². The highest BCUT2D eigenvalue weighted by atomic mass is 79.9. The molecular weight excluding hydrogens is 461 g/mol. The molecule has 30 heavy (non-hydrogen) atoms. The number of amides is 2. The van der Waals surface area contributed by atoms with E-state index in [-0.39, 0.29) is 22.7 Å². The summed E-state index contributed by atoms with van der Waals surface area (Å²) in [6.07, 6.45) is 0.841. The molecule has 154 valence electrons. The lowest BCUT2D eigenvalue weighted by Crippen LogP contribution is -2.48. The Balaban J connectivity index is 2.14. The number of carbonyl (C=O) groups is 2. The van der Waals surface area contributed by atoms with Crippen molar-refractivity contribution in [3.8, 4) is 12.3 Å². The highest BCUT2D eigenvalue weighted by Crippen LogP contribution is 2.38. The number of nitrogens with zero attached hydrogens (tertiary/aromatic N) is 1. The molecule has 2 aromatic rings. The molecule has 1 heterocycles. The van der Waals surface area contributed by atoms with Crippen molar-refractivity contribution in [2.45, 2.75) is 26.1 Å². The molecular formula is C22H16BrF3N2O2. The topological polar surface area (TPSA) is 49.4 Å². The molecule has 1 aliphatic rings. The third-order valence-corrected chi connectivity index (χ3v) is 5.46. The first-order valence-corrected chi connectivity index (χ1v) is 9.59. The fraction of sp³-hybridized carbons (Fsp3) is 0.182. The zero-order valence-electron chi connectivity index (χ0n) is 16.0. The number of benzene rings is 2. The van der Waals surface area contributed by atoms with E-state index < -0.39 is 23.8 Å². The molecule has 1 unspecified atom stereocenters. The van der Waals surface area contributed by atoms with Crippen LogP contribution >= 0.6 is 15.9 Å². The van der Waals surface area contributed by atoms with E-state index in [2.05, 4.69) is 27.2 Å². The average Bonchev–Trinajstić information content (AvgIpc) is 2.66. The predicted molar refractivity (Wildman–Crippen MR) is 111 cm³/mol. The number of carbonyl (C=O) groups excluding carboxylic acids is 2. The second-order valence-electron chi connectivity index (χ2n) is 6.70. The molecule has 0 radical (unpaired) electrons. The van der Waals surface area contributed by atoms with Gasteiger partial charge in [0.05, 0.1) is 17.3 Å². The van der Waals surface area contributed by atoms with Gasteiger partial charge in [-0.15, -0.1) is 6.42 Å². The van der Waals surface area contributed by atoms with Crippen molar-refractivity contribution in [2.75, 3.05) is 4.90 Å². The number of halogens is 4. The molecule has 8 heteroatoms. The largest absolute Gasteiger partial charge is 0.416 e. The van der Waals surface area contributed by atoms with Gasteiger partial charge in [-0.3, -0.25) is 9.69 Å². The minimum atomic E-state index is -4.56. The number of nitrogens with one attached hydrogen (secondary N) is 1. The van der Waals surface area contributed by atoms with Gasteiger partial charge in [0.1, 0.15) is 0 Å². The lowest BCUT2D eigenvalue weighted by atomic mass is 9.91. The second kappa shape index (κ2) is 8.00. The van der Waals surface area contributed by atoms with Crippen LogP contribution in [-0.2, 0) is 11.0 Å². The van der Waals surface area contributed by atoms with Crippen molar-refractivity contribution in [2.24, 2.45) is 0 Å². The normalized spacial score (nSPS) is 16.9. The molecule has 0 aliphatic carbocycles. The number of Topliss-reactive ketones (excluding diaryl/α,β-unsaturated/α-hetero) is 1. The molecule has 0 spiro atoms. The molecule has 2 amide bonds. The molecule has 0 bridgehead atoms. The van der Waals surface area contributed by atoms with Gasteiger partial charge in [-0.05, 0) is 49.7 Å². The Morgan fingerprint density at radius 3 is 2.50 bits per heavy atom. The maximum absolute atomic E-state index is 13.1. The van der Waals surface area contributed by atoms with Gasteiger partial charge in [0.25, 0.3) is 0 Å². The Bertz CT molecular complexity index is 1120. The minimum Gasteiger partial charge on any atom is -0.326 e. The number of hydrogen-bond donors (Lipinski definition) is 1. The number of terminal acetylenes is 1. The summed E-state index contributed by atoms with van der Waals surface area (Å²) in [4.78, 5) is 26.4. The smallest absolute Gasteiger partial charge is 0.326 e. The molecule has 3 rings (SSSR count). The molecule has 2 aromatic carbocycles. The first kappa shape index (κ1) is 21.7. The van der Waals surface area contributed by atoms with Crippen LogP contribution in [0.2, 0.25) is 0 Å². The first-order chi connectivity index (χ1) is 14.0. The number of rotatable bonds is 3. The monoisotopic (exact) mass is 476 g/mol. The van der Waals surface area contributed by atoms with Gasteiger partial charge in [-0.1, -0.05) is 34.0 Å². The highest BCUT2D eigenvalue weighted by Gasteiger charge is 2.37. The molecule has 0 saturated carbocycles. The first-order valence-electron chi connectivity index (χ1n) is 8.80. The highest BCUT2D eigenvalue weighted by molar-refractivity contribution is 9.10. The van der Waals surface area contributed by atoms with Gasteiger partial charge >= 0.3 is 12.2 Å². The van der Waals surface area contributed by atoms with E-state index in [0.717, 1.165) is 17.0 Å². The molecule has 0 saturated heterocycles. The van der Waals surface area contributed by atoms with Gasteiger partial charge in [-0.2, -0.15) is 13.2 Å². The van der Waals surface area contributed by atoms with E-state index in [4.69, 9.17) is 6.42 Å². The van der Waals surface area contributed by atoms with Crippen LogP contribution < -0.4 is 10.2 Å². The van der Waals surface area contributed by atoms with Crippen molar-refractivity contribution in [3.63, 3.8) is 0 Å². The second-order valence-corrected chi connectivity index (χ2v) is 7.56. The summed E-state index contributed by atoms with van der Waals surface area (Å²) >= 11 is 3.41. The van der Waals surface area contributed by atoms with Crippen LogP contribution in [0, 0.1) is 12.3 Å². The maximum atomic E-state index is 13.1. The van der Waals surface area contributed by atoms with Gasteiger partial charge in [0, 0.05) is 21.3 Å². The summed E-state index contributed by atoms with van der Waals surface area (Å²) in [6, 6.07) is 8.03. The van der Waals surface area contributed by atoms with Gasteiger partial charge in [0.15, 0.2) is 5.78 Å². The van der Waals surface area contributed by atoms with Crippen LogP contribution in [0.15, 0.2) is 58.2 Å². The van der Waals surface area contributed by atoms with E-state index >= 15 is 0 Å². The average molecular weight is 477 g/mol. The maximum Gasteiger partial charge on any atom is 0.416 e. The van der Waals surface area contributed by atoms with Gasteiger partial charge in [0.2, 0.25) is 0 Å². The zero-order valence-corrected chi connectivity index (χ0v) is 17.6. The quantitative estimate of drug-likeness (QED) is 0.587. The fourth-order valence-corrected chi connectivity index (χ4v) is 4.02. The number of urea groups is 1. The predicted octanol–water partition coefficient (Wildman–Crippen LogP) is 5.58. The lowest BCUT2D eigenvalue weighted by molar-refractivity contribution is -0.137. The Labute approximate surface area is 179 Å². The van der Waals surface area contributed by atoms with Crippen LogP contribution in [0.3, 0.4) is 0 Å². The molecule has 1 aliphatic heterocycles. The molecule has 1 atom stereocenters. The molecule has 0 aromatic heterocycles. The number of alkyl halides is 3. The van der Waals surface area contributed by atoms with Crippen LogP contribution in [0.4, 0.5) is 23.7 Å². The molecule has 4 nitrogen and oxygen atoms in total. The van der Waals surface area contributed by atoms with Gasteiger partial charge < -0.3 is 5.32 Å². The van der Waals surface area contributed by atoms with Crippen molar-refractivity contribution in [1.82, 2.24) is 5.32 Å². The van der Waals surface area contributed by atoms with Crippen molar-refractivity contribution in [1.29, 1.82) is 0 Å². The number of anilines is 1. The van der Waals surface area contributed by atoms with E-state index in [1.165, 1.54) is 26.0 Å². The van der Waals surface area contributed by atoms with E-state index in [0.29, 0.717) is 15.6 Å². The number of hydrogen-bond acceptors (Lipinski definition) is 2. The summed E-state index contributed by atoms with van der Waals surface area (Å²) in [5.41, 5.74) is 0.863. The third-order valence-electron chi connectivity index (χ3n) is 4.77. The van der Waals surface area contributed by atoms with Gasteiger partial charge in [-0.25, -0.2) is 4.79 Å². The lowest BCUT2D eigenvalue weighted by Gasteiger charge is -2.36. The number of ketones is 1. The van der Waals surface area contributed by atoms with Crippen molar-refractivity contribution in [3.05, 3.63) is 74.9 Å². The summed E-state index contributed by atoms with van der Waals surface area (Å²) in [5, 5.41) is 2.72. The van der Waals surface area contributed by atoms with Crippen molar-refractivity contribution >= 4 is 33.4 Å². The molecule has 0 fully saturated rings. The number of allylic oxidation sites excluding steroid dienone is 1. The van der Waals surface area contributed by atoms with Crippen LogP contribution in [0.1, 0.15) is 36.6 Å². The molecule has 1 N–H and O–H groups in total. The Morgan fingerprint density at radius 2 is 1.93 bits per heavy atom. The van der Waals surface area contributed by atoms with E-state index in [9.17, 15) is 22.8 Å². The Hall–Kier alpha value is -3.05. The standard InChI is InChI=1S/C22H16BrF3N2O2/c1-4-14-8-9-17(18(23)10-14)20-19(13(3)29)12(2)28(21(30)27-20)16-7-5-6-15(11-16)22(24,25)26/h1,5-11,20H,2-3H3,(H,27,30). The van der Waals surface area contributed by atoms with Crippen LogP contribution in [0.5, 0.6) is 0 Å². The van der Waals surface area contributed by atoms with Crippen LogP contribution in [0.25, 0.3) is 0 Å².